The van der Waals surface area contributed by atoms with Gasteiger partial charge in [0.25, 0.3) is 5.91 Å². The number of nitrogens with zero attached hydrogens (tertiary/aromatic N) is 2. The summed E-state index contributed by atoms with van der Waals surface area (Å²) < 4.78 is 10.5. The van der Waals surface area contributed by atoms with Crippen molar-refractivity contribution in [2.45, 2.75) is 19.3 Å². The van der Waals surface area contributed by atoms with Gasteiger partial charge in [0, 0.05) is 31.4 Å². The van der Waals surface area contributed by atoms with Crippen molar-refractivity contribution in [2.24, 2.45) is 5.92 Å². The quantitative estimate of drug-likeness (QED) is 0.501. The average Bonchev–Trinajstić information content (AvgIpc) is 2.81. The third-order valence-electron chi connectivity index (χ3n) is 5.47. The van der Waals surface area contributed by atoms with Gasteiger partial charge < -0.3 is 19.7 Å². The molecular weight excluding hydrogens is 414 g/mol. The van der Waals surface area contributed by atoms with E-state index in [-0.39, 0.29) is 11.5 Å². The van der Waals surface area contributed by atoms with Gasteiger partial charge in [-0.25, -0.2) is 0 Å². The summed E-state index contributed by atoms with van der Waals surface area (Å²) in [6, 6.07) is 15.7. The maximum Gasteiger partial charge on any atom is 0.266 e. The molecule has 0 saturated carbocycles. The number of carbonyl (C=O) groups is 1. The van der Waals surface area contributed by atoms with Gasteiger partial charge in [-0.3, -0.25) is 4.79 Å². The lowest BCUT2D eigenvalue weighted by molar-refractivity contribution is -0.128. The van der Waals surface area contributed by atoms with Crippen LogP contribution in [0.2, 0.25) is 5.02 Å². The Labute approximate surface area is 188 Å². The molecule has 7 heteroatoms. The fourth-order valence-electron chi connectivity index (χ4n) is 3.72. The van der Waals surface area contributed by atoms with Gasteiger partial charge in [0.05, 0.1) is 24.9 Å². The Morgan fingerprint density at radius 3 is 2.48 bits per heavy atom. The van der Waals surface area contributed by atoms with Crippen LogP contribution in [0.5, 0.6) is 11.5 Å². The Bertz CT molecular complexity index is 978. The van der Waals surface area contributed by atoms with Gasteiger partial charge in [-0.05, 0) is 30.7 Å². The molecular formula is C24H26ClN3O3. The van der Waals surface area contributed by atoms with E-state index in [1.165, 1.54) is 26.0 Å². The Hall–Kier alpha value is -3.17. The van der Waals surface area contributed by atoms with Crippen LogP contribution >= 0.6 is 11.6 Å². The van der Waals surface area contributed by atoms with Crippen LogP contribution in [0.15, 0.2) is 54.2 Å². The number of halogens is 1. The minimum absolute atomic E-state index is 0.0393. The molecule has 0 atom stereocenters. The highest BCUT2D eigenvalue weighted by Crippen LogP contribution is 2.36. The fourth-order valence-corrected chi connectivity index (χ4v) is 3.95. The van der Waals surface area contributed by atoms with Gasteiger partial charge in [-0.15, -0.1) is 0 Å². The normalized spacial score (nSPS) is 14.6. The summed E-state index contributed by atoms with van der Waals surface area (Å²) in [5, 5.41) is 12.9. The number of hydrogen-bond donors (Lipinski definition) is 1. The van der Waals surface area contributed by atoms with Crippen LogP contribution in [-0.2, 0) is 11.2 Å². The lowest BCUT2D eigenvalue weighted by Crippen LogP contribution is -2.39. The number of piperidine rings is 1. The first-order valence-corrected chi connectivity index (χ1v) is 10.5. The van der Waals surface area contributed by atoms with Crippen LogP contribution in [0.1, 0.15) is 18.4 Å². The van der Waals surface area contributed by atoms with E-state index in [0.29, 0.717) is 41.2 Å². The number of hydrogen-bond acceptors (Lipinski definition) is 5. The molecule has 0 bridgehead atoms. The predicted molar refractivity (Wildman–Crippen MR) is 121 cm³/mol. The number of amides is 1. The Balaban J connectivity index is 1.63. The van der Waals surface area contributed by atoms with Gasteiger partial charge in [0.2, 0.25) is 0 Å². The molecule has 0 radical (unpaired) electrons. The van der Waals surface area contributed by atoms with E-state index in [1.807, 2.05) is 12.1 Å². The Morgan fingerprint density at radius 2 is 1.87 bits per heavy atom. The van der Waals surface area contributed by atoms with Crippen LogP contribution in [0.4, 0.5) is 5.69 Å². The van der Waals surface area contributed by atoms with Crippen molar-refractivity contribution in [3.05, 3.63) is 64.8 Å². The van der Waals surface area contributed by atoms with Crippen molar-refractivity contribution >= 4 is 23.2 Å². The summed E-state index contributed by atoms with van der Waals surface area (Å²) in [5.74, 6) is 1.22. The number of rotatable bonds is 7. The number of nitrogens with one attached hydrogen (secondary N) is 1. The van der Waals surface area contributed by atoms with E-state index in [4.69, 9.17) is 21.1 Å². The predicted octanol–water partition coefficient (Wildman–Crippen LogP) is 4.66. The summed E-state index contributed by atoms with van der Waals surface area (Å²) in [5.41, 5.74) is 1.91. The minimum Gasteiger partial charge on any atom is -0.495 e. The molecule has 0 aromatic heterocycles. The lowest BCUT2D eigenvalue weighted by atomic mass is 9.90. The monoisotopic (exact) mass is 439 g/mol. The highest BCUT2D eigenvalue weighted by Gasteiger charge is 2.25. The van der Waals surface area contributed by atoms with E-state index in [0.717, 1.165) is 19.3 Å². The third kappa shape index (κ3) is 5.71. The van der Waals surface area contributed by atoms with Gasteiger partial charge in [0.15, 0.2) is 0 Å². The third-order valence-corrected chi connectivity index (χ3v) is 5.76. The van der Waals surface area contributed by atoms with Crippen LogP contribution in [0.3, 0.4) is 0 Å². The molecule has 0 spiro atoms. The SMILES string of the molecule is COc1cc(N/C=C(/C#N)C(=O)N2CCC(Cc3ccccc3)CC2)c(OC)cc1Cl. The molecule has 1 fully saturated rings. The molecule has 1 aliphatic rings. The van der Waals surface area contributed by atoms with Crippen molar-refractivity contribution in [3.8, 4) is 17.6 Å². The molecule has 2 aromatic carbocycles. The van der Waals surface area contributed by atoms with Crippen LogP contribution < -0.4 is 14.8 Å². The summed E-state index contributed by atoms with van der Waals surface area (Å²) in [6.45, 7) is 1.29. The standard InChI is InChI=1S/C24H26ClN3O3/c1-30-22-14-21(23(31-2)13-20(22)25)27-16-19(15-26)24(29)28-10-8-18(9-11-28)12-17-6-4-3-5-7-17/h3-7,13-14,16,18,27H,8-12H2,1-2H3/b19-16-. The first kappa shape index (κ1) is 22.5. The maximum absolute atomic E-state index is 12.9. The molecule has 31 heavy (non-hydrogen) atoms. The largest absolute Gasteiger partial charge is 0.495 e. The minimum atomic E-state index is -0.270. The lowest BCUT2D eigenvalue weighted by Gasteiger charge is -2.32. The van der Waals surface area contributed by atoms with E-state index in [2.05, 4.69) is 29.6 Å². The second kappa shape index (κ2) is 10.7. The van der Waals surface area contributed by atoms with Crippen LogP contribution in [0.25, 0.3) is 0 Å². The van der Waals surface area contributed by atoms with Crippen molar-refractivity contribution in [3.63, 3.8) is 0 Å². The second-order valence-corrected chi connectivity index (χ2v) is 7.83. The van der Waals surface area contributed by atoms with Crippen LogP contribution in [-0.4, -0.2) is 38.1 Å². The molecule has 1 amide bonds. The number of anilines is 1. The highest BCUT2D eigenvalue weighted by atomic mass is 35.5. The van der Waals surface area contributed by atoms with E-state index in [1.54, 1.807) is 17.0 Å². The molecule has 162 valence electrons. The smallest absolute Gasteiger partial charge is 0.266 e. The van der Waals surface area contributed by atoms with Crippen LogP contribution in [0, 0.1) is 17.2 Å². The first-order valence-electron chi connectivity index (χ1n) is 10.2. The molecule has 1 heterocycles. The molecule has 0 aliphatic carbocycles. The number of methoxy groups -OCH3 is 2. The summed E-state index contributed by atoms with van der Waals surface area (Å²) in [6.07, 6.45) is 4.27. The molecule has 1 N–H and O–H groups in total. The zero-order chi connectivity index (χ0) is 22.2. The first-order chi connectivity index (χ1) is 15.0. The van der Waals surface area contributed by atoms with E-state index in [9.17, 15) is 10.1 Å². The molecule has 3 rings (SSSR count). The topological polar surface area (TPSA) is 74.6 Å². The van der Waals surface area contributed by atoms with E-state index < -0.39 is 0 Å². The number of benzene rings is 2. The number of ether oxygens (including phenoxy) is 2. The highest BCUT2D eigenvalue weighted by molar-refractivity contribution is 6.32. The molecule has 1 aliphatic heterocycles. The zero-order valence-electron chi connectivity index (χ0n) is 17.7. The van der Waals surface area contributed by atoms with Crippen molar-refractivity contribution in [2.75, 3.05) is 32.6 Å². The Morgan fingerprint density at radius 1 is 1.19 bits per heavy atom. The van der Waals surface area contributed by atoms with Gasteiger partial charge in [0.1, 0.15) is 23.1 Å². The molecule has 6 nitrogen and oxygen atoms in total. The summed E-state index contributed by atoms with van der Waals surface area (Å²) in [7, 11) is 3.03. The van der Waals surface area contributed by atoms with Crippen molar-refractivity contribution < 1.29 is 14.3 Å². The van der Waals surface area contributed by atoms with Gasteiger partial charge in [-0.1, -0.05) is 41.9 Å². The molecule has 0 unspecified atom stereocenters. The van der Waals surface area contributed by atoms with Gasteiger partial charge >= 0.3 is 0 Å². The van der Waals surface area contributed by atoms with Crippen molar-refractivity contribution in [1.82, 2.24) is 4.90 Å². The maximum atomic E-state index is 12.9. The second-order valence-electron chi connectivity index (χ2n) is 7.43. The number of carbonyl (C=O) groups excluding carboxylic acids is 1. The summed E-state index contributed by atoms with van der Waals surface area (Å²) >= 11 is 6.12. The Kier molecular flexibility index (Phi) is 7.80. The zero-order valence-corrected chi connectivity index (χ0v) is 18.5. The van der Waals surface area contributed by atoms with Crippen molar-refractivity contribution in [1.29, 1.82) is 5.26 Å². The van der Waals surface area contributed by atoms with E-state index >= 15 is 0 Å². The molecule has 1 saturated heterocycles. The number of nitriles is 1. The number of likely N-dealkylation sites (tertiary alicyclic amines) is 1. The fraction of sp³-hybridized carbons (Fsp3) is 0.333. The average molecular weight is 440 g/mol. The molecule has 2 aromatic rings. The van der Waals surface area contributed by atoms with Gasteiger partial charge in [-0.2, -0.15) is 5.26 Å². The summed E-state index contributed by atoms with van der Waals surface area (Å²) in [4.78, 5) is 14.6.